The quantitative estimate of drug-likeness (QED) is 0.664. The van der Waals surface area contributed by atoms with Crippen LogP contribution in [0.25, 0.3) is 22.9 Å². The van der Waals surface area contributed by atoms with Gasteiger partial charge in [0.1, 0.15) is 16.8 Å². The van der Waals surface area contributed by atoms with Gasteiger partial charge in [-0.3, -0.25) is 0 Å². The zero-order valence-electron chi connectivity index (χ0n) is 10.5. The minimum Gasteiger partial charge on any atom is -0.465 e. The number of rotatable bonds is 3. The SMILES string of the molecule is N#C/C(=C/c1ccco1)c1nc(-c2ccccc2)cs1. The van der Waals surface area contributed by atoms with E-state index in [2.05, 4.69) is 11.1 Å². The summed E-state index contributed by atoms with van der Waals surface area (Å²) in [6.45, 7) is 0. The van der Waals surface area contributed by atoms with Gasteiger partial charge in [0.2, 0.25) is 0 Å². The third-order valence-corrected chi connectivity index (χ3v) is 3.63. The molecule has 0 N–H and O–H groups in total. The number of nitrogens with zero attached hydrogens (tertiary/aromatic N) is 2. The number of aromatic nitrogens is 1. The van der Waals surface area contributed by atoms with Gasteiger partial charge in [-0.1, -0.05) is 30.3 Å². The third kappa shape index (κ3) is 2.53. The maximum Gasteiger partial charge on any atom is 0.134 e. The van der Waals surface area contributed by atoms with Gasteiger partial charge in [0.15, 0.2) is 0 Å². The highest BCUT2D eigenvalue weighted by atomic mass is 32.1. The van der Waals surface area contributed by atoms with Crippen LogP contribution in [0.5, 0.6) is 0 Å². The summed E-state index contributed by atoms with van der Waals surface area (Å²) in [5, 5.41) is 11.9. The van der Waals surface area contributed by atoms with Crippen LogP contribution in [0.15, 0.2) is 58.5 Å². The van der Waals surface area contributed by atoms with E-state index in [1.54, 1.807) is 18.4 Å². The summed E-state index contributed by atoms with van der Waals surface area (Å²) in [5.74, 6) is 0.651. The van der Waals surface area contributed by atoms with Crippen molar-refractivity contribution in [1.29, 1.82) is 5.26 Å². The molecule has 0 atom stereocenters. The lowest BCUT2D eigenvalue weighted by molar-refractivity contribution is 0.557. The normalized spacial score (nSPS) is 11.2. The summed E-state index contributed by atoms with van der Waals surface area (Å²) in [6, 6.07) is 15.7. The average Bonchev–Trinajstić information content (AvgIpc) is 3.17. The lowest BCUT2D eigenvalue weighted by Crippen LogP contribution is -1.82. The Bertz CT molecular complexity index is 764. The molecule has 3 aromatic rings. The third-order valence-electron chi connectivity index (χ3n) is 2.75. The van der Waals surface area contributed by atoms with Crippen molar-refractivity contribution in [2.45, 2.75) is 0 Å². The molecule has 0 saturated carbocycles. The van der Waals surface area contributed by atoms with Gasteiger partial charge in [0, 0.05) is 17.0 Å². The topological polar surface area (TPSA) is 49.8 Å². The largest absolute Gasteiger partial charge is 0.465 e. The van der Waals surface area contributed by atoms with Crippen LogP contribution in [0.2, 0.25) is 0 Å². The van der Waals surface area contributed by atoms with Crippen molar-refractivity contribution in [2.75, 3.05) is 0 Å². The molecule has 3 nitrogen and oxygen atoms in total. The standard InChI is InChI=1S/C16H10N2OS/c17-10-13(9-14-7-4-8-19-14)16-18-15(11-20-16)12-5-2-1-3-6-12/h1-9,11H/b13-9-. The zero-order valence-corrected chi connectivity index (χ0v) is 11.3. The molecule has 96 valence electrons. The molecule has 2 heterocycles. The second kappa shape index (κ2) is 5.55. The molecule has 0 aliphatic rings. The fourth-order valence-corrected chi connectivity index (χ4v) is 2.59. The maximum atomic E-state index is 9.26. The molecule has 0 amide bonds. The molecule has 2 aromatic heterocycles. The number of hydrogen-bond donors (Lipinski definition) is 0. The minimum absolute atomic E-state index is 0.507. The number of furan rings is 1. The van der Waals surface area contributed by atoms with Crippen molar-refractivity contribution in [3.05, 3.63) is 64.9 Å². The molecule has 0 aliphatic carbocycles. The average molecular weight is 278 g/mol. The Morgan fingerprint density at radius 3 is 2.75 bits per heavy atom. The van der Waals surface area contributed by atoms with E-state index in [1.807, 2.05) is 41.8 Å². The molecular weight excluding hydrogens is 268 g/mol. The second-order valence-electron chi connectivity index (χ2n) is 4.09. The summed E-state index contributed by atoms with van der Waals surface area (Å²) >= 11 is 1.46. The Hall–Kier alpha value is -2.64. The first kappa shape index (κ1) is 12.4. The Balaban J connectivity index is 1.95. The molecule has 1 aromatic carbocycles. The first-order chi connectivity index (χ1) is 9.86. The van der Waals surface area contributed by atoms with Crippen LogP contribution in [0.4, 0.5) is 0 Å². The zero-order chi connectivity index (χ0) is 13.8. The molecule has 0 aliphatic heterocycles. The van der Waals surface area contributed by atoms with Crippen LogP contribution in [0.1, 0.15) is 10.8 Å². The second-order valence-corrected chi connectivity index (χ2v) is 4.95. The highest BCUT2D eigenvalue weighted by molar-refractivity contribution is 7.11. The van der Waals surface area contributed by atoms with Crippen molar-refractivity contribution in [3.8, 4) is 17.3 Å². The van der Waals surface area contributed by atoms with Crippen LogP contribution in [0.3, 0.4) is 0 Å². The summed E-state index contributed by atoms with van der Waals surface area (Å²) in [7, 11) is 0. The smallest absolute Gasteiger partial charge is 0.134 e. The van der Waals surface area contributed by atoms with E-state index < -0.39 is 0 Å². The van der Waals surface area contributed by atoms with Crippen LogP contribution >= 0.6 is 11.3 Å². The molecule has 0 spiro atoms. The molecule has 4 heteroatoms. The number of benzene rings is 1. The van der Waals surface area contributed by atoms with Crippen LogP contribution < -0.4 is 0 Å². The van der Waals surface area contributed by atoms with E-state index in [9.17, 15) is 5.26 Å². The van der Waals surface area contributed by atoms with Gasteiger partial charge in [-0.05, 0) is 12.1 Å². The number of nitriles is 1. The monoisotopic (exact) mass is 278 g/mol. The Morgan fingerprint density at radius 1 is 1.20 bits per heavy atom. The predicted octanol–water partition coefficient (Wildman–Crippen LogP) is 4.47. The first-order valence-electron chi connectivity index (χ1n) is 6.03. The number of hydrogen-bond acceptors (Lipinski definition) is 4. The van der Waals surface area contributed by atoms with Crippen molar-refractivity contribution < 1.29 is 4.42 Å². The van der Waals surface area contributed by atoms with Crippen LogP contribution in [-0.2, 0) is 0 Å². The van der Waals surface area contributed by atoms with E-state index >= 15 is 0 Å². The van der Waals surface area contributed by atoms with Crippen LogP contribution in [-0.4, -0.2) is 4.98 Å². The number of allylic oxidation sites excluding steroid dienone is 1. The first-order valence-corrected chi connectivity index (χ1v) is 6.91. The minimum atomic E-state index is 0.507. The summed E-state index contributed by atoms with van der Waals surface area (Å²) in [6.07, 6.45) is 3.28. The van der Waals surface area contributed by atoms with Gasteiger partial charge in [-0.25, -0.2) is 4.98 Å². The van der Waals surface area contributed by atoms with Gasteiger partial charge in [-0.15, -0.1) is 11.3 Å². The van der Waals surface area contributed by atoms with Crippen LogP contribution in [0, 0.1) is 11.3 Å². The molecular formula is C16H10N2OS. The summed E-state index contributed by atoms with van der Waals surface area (Å²) in [5.41, 5.74) is 2.43. The van der Waals surface area contributed by atoms with Crippen molar-refractivity contribution in [2.24, 2.45) is 0 Å². The van der Waals surface area contributed by atoms with E-state index in [-0.39, 0.29) is 0 Å². The summed E-state index contributed by atoms with van der Waals surface area (Å²) < 4.78 is 5.23. The molecule has 0 fully saturated rings. The van der Waals surface area contributed by atoms with Gasteiger partial charge >= 0.3 is 0 Å². The number of thiazole rings is 1. The Morgan fingerprint density at radius 2 is 2.05 bits per heavy atom. The van der Waals surface area contributed by atoms with E-state index in [4.69, 9.17) is 4.42 Å². The maximum absolute atomic E-state index is 9.26. The van der Waals surface area contributed by atoms with Gasteiger partial charge in [0.25, 0.3) is 0 Å². The lowest BCUT2D eigenvalue weighted by atomic mass is 10.2. The van der Waals surface area contributed by atoms with E-state index in [1.165, 1.54) is 11.3 Å². The van der Waals surface area contributed by atoms with Gasteiger partial charge in [0.05, 0.1) is 17.5 Å². The highest BCUT2D eigenvalue weighted by Gasteiger charge is 2.09. The van der Waals surface area contributed by atoms with Crippen molar-refractivity contribution in [3.63, 3.8) is 0 Å². The molecule has 3 rings (SSSR count). The molecule has 0 radical (unpaired) electrons. The summed E-state index contributed by atoms with van der Waals surface area (Å²) in [4.78, 5) is 4.52. The fraction of sp³-hybridized carbons (Fsp3) is 0. The fourth-order valence-electron chi connectivity index (χ4n) is 1.80. The van der Waals surface area contributed by atoms with E-state index in [0.29, 0.717) is 16.3 Å². The van der Waals surface area contributed by atoms with Crippen molar-refractivity contribution >= 4 is 23.0 Å². The Kier molecular flexibility index (Phi) is 3.44. The highest BCUT2D eigenvalue weighted by Crippen LogP contribution is 2.26. The van der Waals surface area contributed by atoms with Gasteiger partial charge < -0.3 is 4.42 Å². The predicted molar refractivity (Wildman–Crippen MR) is 79.7 cm³/mol. The molecule has 0 bridgehead atoms. The van der Waals surface area contributed by atoms with E-state index in [0.717, 1.165) is 11.3 Å². The molecule has 0 unspecified atom stereocenters. The van der Waals surface area contributed by atoms with Crippen molar-refractivity contribution in [1.82, 2.24) is 4.98 Å². The molecule has 0 saturated heterocycles. The van der Waals surface area contributed by atoms with Gasteiger partial charge in [-0.2, -0.15) is 5.26 Å². The molecule has 20 heavy (non-hydrogen) atoms. The Labute approximate surface area is 120 Å². The lowest BCUT2D eigenvalue weighted by Gasteiger charge is -1.94.